The van der Waals surface area contributed by atoms with E-state index < -0.39 is 27.4 Å². The van der Waals surface area contributed by atoms with E-state index in [0.717, 1.165) is 11.0 Å². The maximum absolute atomic E-state index is 13.3. The Hall–Kier alpha value is -2.00. The molecule has 1 N–H and O–H groups in total. The monoisotopic (exact) mass is 341 g/mol. The van der Waals surface area contributed by atoms with Crippen LogP contribution in [0, 0.1) is 5.82 Å². The van der Waals surface area contributed by atoms with Crippen molar-refractivity contribution in [3.8, 4) is 0 Å². The van der Waals surface area contributed by atoms with E-state index in [1.165, 1.54) is 29.6 Å². The first-order valence-corrected chi connectivity index (χ1v) is 8.56. The average molecular weight is 341 g/mol. The van der Waals surface area contributed by atoms with Gasteiger partial charge >= 0.3 is 6.03 Å². The third kappa shape index (κ3) is 2.49. The Morgan fingerprint density at radius 1 is 1.22 bits per heavy atom. The summed E-state index contributed by atoms with van der Waals surface area (Å²) >= 11 is 0. The fourth-order valence-electron chi connectivity index (χ4n) is 2.98. The summed E-state index contributed by atoms with van der Waals surface area (Å²) in [6.45, 7) is 0.164. The summed E-state index contributed by atoms with van der Waals surface area (Å²) in [6.07, 6.45) is 0.382. The second kappa shape index (κ2) is 5.27. The van der Waals surface area contributed by atoms with Crippen LogP contribution >= 0.6 is 0 Å². The number of piperidine rings is 1. The van der Waals surface area contributed by atoms with Crippen molar-refractivity contribution >= 4 is 22.0 Å². The number of sulfonamides is 1. The van der Waals surface area contributed by atoms with Crippen molar-refractivity contribution in [1.29, 1.82) is 0 Å². The number of nitrogens with one attached hydrogen (secondary N) is 1. The lowest BCUT2D eigenvalue weighted by molar-refractivity contribution is -0.131. The molecule has 2 saturated heterocycles. The van der Waals surface area contributed by atoms with Crippen molar-refractivity contribution in [1.82, 2.24) is 14.5 Å². The average Bonchev–Trinajstić information content (AvgIpc) is 2.72. The fraction of sp³-hybridized carbons (Fsp3) is 0.429. The number of benzene rings is 1. The minimum Gasteiger partial charge on any atom is -0.323 e. The molecule has 0 radical (unpaired) electrons. The summed E-state index contributed by atoms with van der Waals surface area (Å²) in [7, 11) is -2.43. The van der Waals surface area contributed by atoms with Crippen LogP contribution in [0.1, 0.15) is 12.8 Å². The van der Waals surface area contributed by atoms with Gasteiger partial charge in [-0.05, 0) is 31.0 Å². The number of hydrogen-bond acceptors (Lipinski definition) is 4. The molecule has 0 bridgehead atoms. The Bertz CT molecular complexity index is 772. The van der Waals surface area contributed by atoms with Crippen molar-refractivity contribution in [2.75, 3.05) is 20.1 Å². The summed E-state index contributed by atoms with van der Waals surface area (Å²) in [5, 5.41) is 2.65. The first-order chi connectivity index (χ1) is 10.8. The minimum atomic E-state index is -3.82. The number of halogens is 1. The predicted molar refractivity (Wildman–Crippen MR) is 78.4 cm³/mol. The van der Waals surface area contributed by atoms with Gasteiger partial charge in [0.05, 0.1) is 4.90 Å². The van der Waals surface area contributed by atoms with Crippen LogP contribution in [0.5, 0.6) is 0 Å². The largest absolute Gasteiger partial charge is 0.324 e. The van der Waals surface area contributed by atoms with E-state index in [4.69, 9.17) is 0 Å². The number of imide groups is 1. The second-order valence-corrected chi connectivity index (χ2v) is 7.68. The van der Waals surface area contributed by atoms with Crippen LogP contribution in [0.3, 0.4) is 0 Å². The molecule has 0 atom stereocenters. The third-order valence-corrected chi connectivity index (χ3v) is 6.27. The number of hydrogen-bond donors (Lipinski definition) is 1. The van der Waals surface area contributed by atoms with Gasteiger partial charge in [-0.25, -0.2) is 17.6 Å². The van der Waals surface area contributed by atoms with Gasteiger partial charge in [-0.15, -0.1) is 0 Å². The van der Waals surface area contributed by atoms with Crippen LogP contribution in [-0.4, -0.2) is 55.2 Å². The molecule has 23 heavy (non-hydrogen) atoms. The lowest BCUT2D eigenvalue weighted by Gasteiger charge is -2.36. The molecule has 7 nitrogen and oxygen atoms in total. The van der Waals surface area contributed by atoms with Gasteiger partial charge in [-0.2, -0.15) is 4.31 Å². The van der Waals surface area contributed by atoms with Crippen LogP contribution in [0.2, 0.25) is 0 Å². The van der Waals surface area contributed by atoms with Crippen LogP contribution in [0.25, 0.3) is 0 Å². The standard InChI is InChI=1S/C14H16FN3O4S/c1-17-12(19)14(16-13(17)20)5-7-18(8-6-14)23(21,22)11-4-2-3-10(15)9-11/h2-4,9H,5-8H2,1H3,(H,16,20). The van der Waals surface area contributed by atoms with E-state index in [0.29, 0.717) is 0 Å². The number of amides is 3. The Morgan fingerprint density at radius 2 is 1.87 bits per heavy atom. The van der Waals surface area contributed by atoms with Crippen LogP contribution in [-0.2, 0) is 14.8 Å². The summed E-state index contributed by atoms with van der Waals surface area (Å²) in [4.78, 5) is 24.7. The van der Waals surface area contributed by atoms with Gasteiger partial charge in [-0.1, -0.05) is 6.07 Å². The molecule has 2 fully saturated rings. The lowest BCUT2D eigenvalue weighted by atomic mass is 9.88. The predicted octanol–water partition coefficient (Wildman–Crippen LogP) is 0.531. The highest BCUT2D eigenvalue weighted by atomic mass is 32.2. The first-order valence-electron chi connectivity index (χ1n) is 7.12. The molecule has 0 unspecified atom stereocenters. The topological polar surface area (TPSA) is 86.8 Å². The molecule has 2 aliphatic rings. The number of carbonyl (C=O) groups is 2. The highest BCUT2D eigenvalue weighted by Gasteiger charge is 2.52. The first kappa shape index (κ1) is 15.9. The molecular formula is C14H16FN3O4S. The van der Waals surface area contributed by atoms with Gasteiger partial charge in [0, 0.05) is 20.1 Å². The Labute approximate surface area is 133 Å². The van der Waals surface area contributed by atoms with Gasteiger partial charge in [0.25, 0.3) is 5.91 Å². The van der Waals surface area contributed by atoms with E-state index in [1.54, 1.807) is 0 Å². The normalized spacial score (nSPS) is 21.7. The van der Waals surface area contributed by atoms with Gasteiger partial charge in [0.1, 0.15) is 11.4 Å². The van der Waals surface area contributed by atoms with E-state index in [9.17, 15) is 22.4 Å². The molecule has 0 aliphatic carbocycles. The SMILES string of the molecule is CN1C(=O)NC2(CCN(S(=O)(=O)c3cccc(F)c3)CC2)C1=O. The minimum absolute atomic E-state index is 0.0821. The smallest absolute Gasteiger partial charge is 0.323 e. The zero-order valence-corrected chi connectivity index (χ0v) is 13.3. The molecule has 0 aromatic heterocycles. The summed E-state index contributed by atoms with van der Waals surface area (Å²) in [5.41, 5.74) is -1.03. The maximum atomic E-state index is 13.3. The van der Waals surface area contributed by atoms with Crippen LogP contribution in [0.4, 0.5) is 9.18 Å². The van der Waals surface area contributed by atoms with Gasteiger partial charge in [-0.3, -0.25) is 9.69 Å². The third-order valence-electron chi connectivity index (χ3n) is 4.37. The number of urea groups is 1. The quantitative estimate of drug-likeness (QED) is 0.795. The van der Waals surface area contributed by atoms with Crippen LogP contribution < -0.4 is 5.32 Å². The van der Waals surface area contributed by atoms with Gasteiger partial charge < -0.3 is 5.32 Å². The van der Waals surface area contributed by atoms with Crippen molar-refractivity contribution in [2.45, 2.75) is 23.3 Å². The Kier molecular flexibility index (Phi) is 3.64. The lowest BCUT2D eigenvalue weighted by Crippen LogP contribution is -2.55. The van der Waals surface area contributed by atoms with Crippen molar-refractivity contribution in [3.05, 3.63) is 30.1 Å². The van der Waals surface area contributed by atoms with E-state index in [-0.39, 0.29) is 36.7 Å². The number of carbonyl (C=O) groups excluding carboxylic acids is 2. The van der Waals surface area contributed by atoms with Crippen molar-refractivity contribution < 1.29 is 22.4 Å². The van der Waals surface area contributed by atoms with E-state index >= 15 is 0 Å². The molecule has 3 amide bonds. The highest BCUT2D eigenvalue weighted by Crippen LogP contribution is 2.31. The molecule has 1 aromatic carbocycles. The highest BCUT2D eigenvalue weighted by molar-refractivity contribution is 7.89. The molecule has 1 aromatic rings. The van der Waals surface area contributed by atoms with Gasteiger partial charge in [0.15, 0.2) is 0 Å². The molecule has 124 valence electrons. The van der Waals surface area contributed by atoms with Crippen LogP contribution in [0.15, 0.2) is 29.2 Å². The Balaban J connectivity index is 1.79. The molecule has 2 heterocycles. The molecule has 2 aliphatic heterocycles. The molecule has 9 heteroatoms. The van der Waals surface area contributed by atoms with Crippen molar-refractivity contribution in [3.63, 3.8) is 0 Å². The van der Waals surface area contributed by atoms with E-state index in [2.05, 4.69) is 5.32 Å². The zero-order chi connectivity index (χ0) is 16.8. The maximum Gasteiger partial charge on any atom is 0.324 e. The summed E-state index contributed by atoms with van der Waals surface area (Å²) < 4.78 is 39.5. The fourth-order valence-corrected chi connectivity index (χ4v) is 4.45. The number of rotatable bonds is 2. The zero-order valence-electron chi connectivity index (χ0n) is 12.5. The molecule has 0 saturated carbocycles. The van der Waals surface area contributed by atoms with E-state index in [1.807, 2.05) is 0 Å². The molecular weight excluding hydrogens is 325 g/mol. The second-order valence-electron chi connectivity index (χ2n) is 5.74. The molecule has 1 spiro atoms. The number of nitrogens with zero attached hydrogens (tertiary/aromatic N) is 2. The molecule has 3 rings (SSSR count). The van der Waals surface area contributed by atoms with Gasteiger partial charge in [0.2, 0.25) is 10.0 Å². The number of likely N-dealkylation sites (N-methyl/N-ethyl adjacent to an activating group) is 1. The Morgan fingerprint density at radius 3 is 2.39 bits per heavy atom. The summed E-state index contributed by atoms with van der Waals surface area (Å²) in [5.74, 6) is -0.968. The van der Waals surface area contributed by atoms with Crippen molar-refractivity contribution in [2.24, 2.45) is 0 Å². The summed E-state index contributed by atoms with van der Waals surface area (Å²) in [6, 6.07) is 4.34.